The minimum absolute atomic E-state index is 0.112. The Kier molecular flexibility index (Phi) is 4.18. The van der Waals surface area contributed by atoms with Gasteiger partial charge in [-0.2, -0.15) is 0 Å². The third-order valence-electron chi connectivity index (χ3n) is 2.64. The van der Waals surface area contributed by atoms with Gasteiger partial charge in [0.05, 0.1) is 0 Å². The van der Waals surface area contributed by atoms with Crippen molar-refractivity contribution >= 4 is 11.8 Å². The minimum Gasteiger partial charge on any atom is -0.324 e. The van der Waals surface area contributed by atoms with Crippen LogP contribution in [0.1, 0.15) is 24.9 Å². The number of rotatable bonds is 4. The van der Waals surface area contributed by atoms with E-state index in [1.807, 2.05) is 30.6 Å². The average Bonchev–Trinajstić information content (AvgIpc) is 2.40. The standard InChI is InChI=1S/C14H16N2S/c1-2-13(15)12-5-3-4-6-14(12)17-11-7-9-16-10-8-11/h3-10,13H,2,15H2,1H3/t13-/m1/s1. The Labute approximate surface area is 106 Å². The number of hydrogen-bond donors (Lipinski definition) is 1. The molecule has 0 unspecified atom stereocenters. The maximum Gasteiger partial charge on any atom is 0.0303 e. The zero-order valence-corrected chi connectivity index (χ0v) is 10.7. The van der Waals surface area contributed by atoms with E-state index in [1.54, 1.807) is 11.8 Å². The first-order valence-electron chi connectivity index (χ1n) is 5.73. The van der Waals surface area contributed by atoms with Crippen LogP contribution in [0.25, 0.3) is 0 Å². The van der Waals surface area contributed by atoms with Gasteiger partial charge in [-0.05, 0) is 30.2 Å². The molecule has 0 amide bonds. The summed E-state index contributed by atoms with van der Waals surface area (Å²) in [5, 5.41) is 0. The predicted molar refractivity (Wildman–Crippen MR) is 72.0 cm³/mol. The molecule has 1 atom stereocenters. The number of nitrogens with zero attached hydrogens (tertiary/aromatic N) is 1. The fraction of sp³-hybridized carbons (Fsp3) is 0.214. The number of aromatic nitrogens is 1. The lowest BCUT2D eigenvalue weighted by molar-refractivity contribution is 0.685. The van der Waals surface area contributed by atoms with Crippen LogP contribution in [0.3, 0.4) is 0 Å². The molecule has 17 heavy (non-hydrogen) atoms. The van der Waals surface area contributed by atoms with Crippen LogP contribution < -0.4 is 5.73 Å². The molecule has 0 bridgehead atoms. The zero-order chi connectivity index (χ0) is 12.1. The summed E-state index contributed by atoms with van der Waals surface area (Å²) in [6.07, 6.45) is 4.57. The van der Waals surface area contributed by atoms with Crippen molar-refractivity contribution in [3.8, 4) is 0 Å². The second-order valence-electron chi connectivity index (χ2n) is 3.84. The molecule has 0 spiro atoms. The highest BCUT2D eigenvalue weighted by atomic mass is 32.2. The van der Waals surface area contributed by atoms with E-state index in [1.165, 1.54) is 15.4 Å². The van der Waals surface area contributed by atoms with E-state index in [2.05, 4.69) is 30.1 Å². The first-order valence-corrected chi connectivity index (χ1v) is 6.55. The molecule has 2 N–H and O–H groups in total. The van der Waals surface area contributed by atoms with Crippen LogP contribution in [0.2, 0.25) is 0 Å². The highest BCUT2D eigenvalue weighted by molar-refractivity contribution is 7.99. The van der Waals surface area contributed by atoms with Crippen molar-refractivity contribution < 1.29 is 0 Å². The van der Waals surface area contributed by atoms with Gasteiger partial charge < -0.3 is 5.73 Å². The quantitative estimate of drug-likeness (QED) is 0.892. The molecule has 0 aliphatic rings. The third kappa shape index (κ3) is 3.08. The van der Waals surface area contributed by atoms with Gasteiger partial charge >= 0.3 is 0 Å². The molecule has 88 valence electrons. The Bertz CT molecular complexity index is 471. The molecular weight excluding hydrogens is 228 g/mol. The summed E-state index contributed by atoms with van der Waals surface area (Å²) in [4.78, 5) is 6.44. The van der Waals surface area contributed by atoms with E-state index in [9.17, 15) is 0 Å². The van der Waals surface area contributed by atoms with Gasteiger partial charge in [0.15, 0.2) is 0 Å². The molecule has 0 radical (unpaired) electrons. The van der Waals surface area contributed by atoms with E-state index in [0.717, 1.165) is 6.42 Å². The summed E-state index contributed by atoms with van der Waals surface area (Å²) in [5.41, 5.74) is 7.34. The van der Waals surface area contributed by atoms with Crippen LogP contribution >= 0.6 is 11.8 Å². The molecular formula is C14H16N2S. The van der Waals surface area contributed by atoms with Crippen molar-refractivity contribution in [1.29, 1.82) is 0 Å². The van der Waals surface area contributed by atoms with E-state index < -0.39 is 0 Å². The van der Waals surface area contributed by atoms with Gasteiger partial charge in [0.1, 0.15) is 0 Å². The molecule has 2 aromatic rings. The lowest BCUT2D eigenvalue weighted by Gasteiger charge is -2.14. The lowest BCUT2D eigenvalue weighted by atomic mass is 10.1. The smallest absolute Gasteiger partial charge is 0.0303 e. The molecule has 1 aromatic heterocycles. The van der Waals surface area contributed by atoms with Crippen molar-refractivity contribution in [3.05, 3.63) is 54.4 Å². The predicted octanol–water partition coefficient (Wildman–Crippen LogP) is 3.64. The van der Waals surface area contributed by atoms with E-state index in [4.69, 9.17) is 5.73 Å². The van der Waals surface area contributed by atoms with Crippen LogP contribution in [0.5, 0.6) is 0 Å². The van der Waals surface area contributed by atoms with Crippen molar-refractivity contribution in [2.24, 2.45) is 5.73 Å². The summed E-state index contributed by atoms with van der Waals surface area (Å²) in [7, 11) is 0. The van der Waals surface area contributed by atoms with Crippen molar-refractivity contribution in [2.45, 2.75) is 29.2 Å². The Hall–Kier alpha value is -1.32. The van der Waals surface area contributed by atoms with Crippen molar-refractivity contribution in [2.75, 3.05) is 0 Å². The Morgan fingerprint density at radius 1 is 1.18 bits per heavy atom. The normalized spacial score (nSPS) is 12.4. The van der Waals surface area contributed by atoms with Crippen LogP contribution in [0.4, 0.5) is 0 Å². The molecule has 0 fully saturated rings. The monoisotopic (exact) mass is 244 g/mol. The maximum atomic E-state index is 6.12. The fourth-order valence-electron chi connectivity index (χ4n) is 1.63. The van der Waals surface area contributed by atoms with Gasteiger partial charge in [-0.15, -0.1) is 0 Å². The highest BCUT2D eigenvalue weighted by Crippen LogP contribution is 2.32. The summed E-state index contributed by atoms with van der Waals surface area (Å²) < 4.78 is 0. The topological polar surface area (TPSA) is 38.9 Å². The summed E-state index contributed by atoms with van der Waals surface area (Å²) in [6.45, 7) is 2.11. The molecule has 3 heteroatoms. The summed E-state index contributed by atoms with van der Waals surface area (Å²) in [6, 6.07) is 12.5. The molecule has 2 nitrogen and oxygen atoms in total. The largest absolute Gasteiger partial charge is 0.324 e. The summed E-state index contributed by atoms with van der Waals surface area (Å²) >= 11 is 1.74. The third-order valence-corrected chi connectivity index (χ3v) is 3.74. The molecule has 1 heterocycles. The summed E-state index contributed by atoms with van der Waals surface area (Å²) in [5.74, 6) is 0. The van der Waals surface area contributed by atoms with E-state index in [0.29, 0.717) is 0 Å². The second-order valence-corrected chi connectivity index (χ2v) is 4.95. The Morgan fingerprint density at radius 2 is 1.88 bits per heavy atom. The van der Waals surface area contributed by atoms with Crippen molar-refractivity contribution in [1.82, 2.24) is 4.98 Å². The van der Waals surface area contributed by atoms with E-state index in [-0.39, 0.29) is 6.04 Å². The van der Waals surface area contributed by atoms with Crippen LogP contribution in [-0.4, -0.2) is 4.98 Å². The zero-order valence-electron chi connectivity index (χ0n) is 9.84. The van der Waals surface area contributed by atoms with Gasteiger partial charge in [0.2, 0.25) is 0 Å². The van der Waals surface area contributed by atoms with Gasteiger partial charge in [0.25, 0.3) is 0 Å². The minimum atomic E-state index is 0.112. The molecule has 0 aliphatic heterocycles. The molecule has 2 rings (SSSR count). The lowest BCUT2D eigenvalue weighted by Crippen LogP contribution is -2.09. The SMILES string of the molecule is CC[C@@H](N)c1ccccc1Sc1ccncc1. The van der Waals surface area contributed by atoms with Crippen LogP contribution in [0, 0.1) is 0 Å². The van der Waals surface area contributed by atoms with Crippen molar-refractivity contribution in [3.63, 3.8) is 0 Å². The number of pyridine rings is 1. The first kappa shape index (κ1) is 12.1. The molecule has 0 saturated carbocycles. The Balaban J connectivity index is 2.27. The van der Waals surface area contributed by atoms with Gasteiger partial charge in [-0.3, -0.25) is 4.98 Å². The van der Waals surface area contributed by atoms with Crippen LogP contribution in [0.15, 0.2) is 58.6 Å². The number of nitrogens with two attached hydrogens (primary N) is 1. The second kappa shape index (κ2) is 5.84. The average molecular weight is 244 g/mol. The van der Waals surface area contributed by atoms with Gasteiger partial charge in [0, 0.05) is 28.2 Å². The van der Waals surface area contributed by atoms with E-state index >= 15 is 0 Å². The Morgan fingerprint density at radius 3 is 2.59 bits per heavy atom. The molecule has 0 aliphatic carbocycles. The van der Waals surface area contributed by atoms with Gasteiger partial charge in [-0.1, -0.05) is 36.9 Å². The highest BCUT2D eigenvalue weighted by Gasteiger charge is 2.09. The fourth-order valence-corrected chi connectivity index (χ4v) is 2.63. The first-order chi connectivity index (χ1) is 8.31. The number of benzene rings is 1. The number of hydrogen-bond acceptors (Lipinski definition) is 3. The van der Waals surface area contributed by atoms with Gasteiger partial charge in [-0.25, -0.2) is 0 Å². The maximum absolute atomic E-state index is 6.12. The molecule has 0 saturated heterocycles. The van der Waals surface area contributed by atoms with Crippen LogP contribution in [-0.2, 0) is 0 Å². The molecule has 1 aromatic carbocycles.